The van der Waals surface area contributed by atoms with Crippen LogP contribution in [-0.2, 0) is 0 Å². The number of piperidine rings is 1. The summed E-state index contributed by atoms with van der Waals surface area (Å²) in [5.74, 6) is 0.317. The molecule has 1 aliphatic rings. The molecule has 33 heavy (non-hydrogen) atoms. The van der Waals surface area contributed by atoms with Gasteiger partial charge in [-0.2, -0.15) is 5.10 Å². The fraction of sp³-hybridized carbons (Fsp3) is 0.500. The van der Waals surface area contributed by atoms with E-state index in [4.69, 9.17) is 0 Å². The van der Waals surface area contributed by atoms with Crippen molar-refractivity contribution in [2.45, 2.75) is 65.8 Å². The number of hydrogen-bond donors (Lipinski definition) is 1. The number of pyridine rings is 1. The minimum atomic E-state index is -0.000152. The summed E-state index contributed by atoms with van der Waals surface area (Å²) in [6.07, 6.45) is 6.99. The van der Waals surface area contributed by atoms with Crippen molar-refractivity contribution in [3.05, 3.63) is 51.8 Å². The molecule has 7 nitrogen and oxygen atoms in total. The third kappa shape index (κ3) is 3.68. The third-order valence-electron chi connectivity index (χ3n) is 7.31. The number of imidazole rings is 1. The van der Waals surface area contributed by atoms with Crippen molar-refractivity contribution in [2.75, 3.05) is 19.6 Å². The highest BCUT2D eigenvalue weighted by atomic mass is 16.1. The van der Waals surface area contributed by atoms with E-state index in [9.17, 15) is 4.79 Å². The van der Waals surface area contributed by atoms with E-state index in [1.165, 1.54) is 11.1 Å². The first-order valence-electron chi connectivity index (χ1n) is 12.2. The van der Waals surface area contributed by atoms with Gasteiger partial charge in [0, 0.05) is 18.3 Å². The van der Waals surface area contributed by atoms with Crippen LogP contribution in [0.4, 0.5) is 0 Å². The van der Waals surface area contributed by atoms with E-state index < -0.39 is 0 Å². The summed E-state index contributed by atoms with van der Waals surface area (Å²) in [5, 5.41) is 4.38. The molecule has 1 fully saturated rings. The molecule has 1 aliphatic heterocycles. The number of H-pyrrole nitrogens is 1. The number of aryl methyl sites for hydroxylation is 1. The molecular formula is C26H34N6O. The lowest BCUT2D eigenvalue weighted by atomic mass is 9.89. The van der Waals surface area contributed by atoms with E-state index in [1.807, 2.05) is 9.08 Å². The molecule has 5 rings (SSSR count). The van der Waals surface area contributed by atoms with Crippen LogP contribution in [0.3, 0.4) is 0 Å². The minimum Gasteiger partial charge on any atom is -0.306 e. The molecule has 4 heterocycles. The first-order valence-corrected chi connectivity index (χ1v) is 12.2. The second kappa shape index (κ2) is 8.45. The summed E-state index contributed by atoms with van der Waals surface area (Å²) in [7, 11) is 0. The molecular weight excluding hydrogens is 412 g/mol. The van der Waals surface area contributed by atoms with Crippen LogP contribution in [0.5, 0.6) is 0 Å². The first-order chi connectivity index (χ1) is 15.9. The van der Waals surface area contributed by atoms with Gasteiger partial charge in [-0.3, -0.25) is 4.57 Å². The van der Waals surface area contributed by atoms with Crippen molar-refractivity contribution >= 4 is 16.7 Å². The molecule has 3 aromatic heterocycles. The Morgan fingerprint density at radius 3 is 2.76 bits per heavy atom. The summed E-state index contributed by atoms with van der Waals surface area (Å²) >= 11 is 0. The molecule has 0 bridgehead atoms. The largest absolute Gasteiger partial charge is 0.326 e. The molecule has 0 aliphatic carbocycles. The van der Waals surface area contributed by atoms with Gasteiger partial charge in [0.05, 0.1) is 17.1 Å². The van der Waals surface area contributed by atoms with Crippen molar-refractivity contribution in [3.8, 4) is 11.1 Å². The Morgan fingerprint density at radius 1 is 1.18 bits per heavy atom. The number of benzene rings is 1. The SMILES string of the molecule is CCCN1CCC[C@@H](n2c(=O)[nH]c3cc(-c4cn5ncnc5c(C)c4C)c(C(C)C)cc32)C1. The molecule has 0 unspecified atom stereocenters. The molecule has 1 atom stereocenters. The summed E-state index contributed by atoms with van der Waals surface area (Å²) in [4.78, 5) is 23.2. The van der Waals surface area contributed by atoms with E-state index in [0.717, 1.165) is 72.3 Å². The molecule has 0 radical (unpaired) electrons. The number of hydrogen-bond acceptors (Lipinski definition) is 4. The molecule has 1 N–H and O–H groups in total. The van der Waals surface area contributed by atoms with Crippen LogP contribution in [0, 0.1) is 13.8 Å². The second-order valence-electron chi connectivity index (χ2n) is 9.83. The van der Waals surface area contributed by atoms with Crippen LogP contribution in [0.25, 0.3) is 27.8 Å². The number of rotatable bonds is 5. The van der Waals surface area contributed by atoms with Gasteiger partial charge in [0.25, 0.3) is 0 Å². The van der Waals surface area contributed by atoms with Gasteiger partial charge in [-0.25, -0.2) is 14.3 Å². The van der Waals surface area contributed by atoms with Crippen molar-refractivity contribution < 1.29 is 0 Å². The number of nitrogens with one attached hydrogen (secondary N) is 1. The lowest BCUT2D eigenvalue weighted by Crippen LogP contribution is -2.39. The summed E-state index contributed by atoms with van der Waals surface area (Å²) in [6.45, 7) is 14.1. The van der Waals surface area contributed by atoms with Crippen molar-refractivity contribution in [1.82, 2.24) is 29.0 Å². The van der Waals surface area contributed by atoms with E-state index in [0.29, 0.717) is 5.92 Å². The lowest BCUT2D eigenvalue weighted by Gasteiger charge is -2.33. The van der Waals surface area contributed by atoms with Gasteiger partial charge < -0.3 is 9.88 Å². The molecule has 0 saturated carbocycles. The van der Waals surface area contributed by atoms with E-state index in [-0.39, 0.29) is 11.7 Å². The summed E-state index contributed by atoms with van der Waals surface area (Å²) in [6, 6.07) is 4.62. The number of nitrogens with zero attached hydrogens (tertiary/aromatic N) is 5. The molecule has 0 amide bonds. The van der Waals surface area contributed by atoms with Gasteiger partial charge in [-0.1, -0.05) is 20.8 Å². The molecule has 0 spiro atoms. The summed E-state index contributed by atoms with van der Waals surface area (Å²) in [5.41, 5.74) is 8.67. The average Bonchev–Trinajstić information content (AvgIpc) is 3.39. The molecule has 174 valence electrons. The van der Waals surface area contributed by atoms with E-state index in [1.54, 1.807) is 6.33 Å². The predicted octanol–water partition coefficient (Wildman–Crippen LogP) is 4.83. The quantitative estimate of drug-likeness (QED) is 0.477. The maximum Gasteiger partial charge on any atom is 0.326 e. The number of aromatic amines is 1. The Bertz CT molecular complexity index is 1370. The Balaban J connectivity index is 1.68. The molecule has 1 saturated heterocycles. The van der Waals surface area contributed by atoms with Crippen LogP contribution in [0.1, 0.15) is 68.7 Å². The summed E-state index contributed by atoms with van der Waals surface area (Å²) < 4.78 is 3.87. The maximum atomic E-state index is 13.2. The first kappa shape index (κ1) is 21.9. The zero-order chi connectivity index (χ0) is 23.3. The monoisotopic (exact) mass is 446 g/mol. The molecule has 1 aromatic carbocycles. The van der Waals surface area contributed by atoms with Gasteiger partial charge in [-0.05, 0) is 86.5 Å². The van der Waals surface area contributed by atoms with Gasteiger partial charge in [0.2, 0.25) is 0 Å². The second-order valence-corrected chi connectivity index (χ2v) is 9.83. The Morgan fingerprint density at radius 2 is 2.00 bits per heavy atom. The molecule has 7 heteroatoms. The van der Waals surface area contributed by atoms with Crippen molar-refractivity contribution in [1.29, 1.82) is 0 Å². The Labute approximate surface area is 194 Å². The van der Waals surface area contributed by atoms with Gasteiger partial charge in [0.1, 0.15) is 6.33 Å². The van der Waals surface area contributed by atoms with Crippen LogP contribution >= 0.6 is 0 Å². The average molecular weight is 447 g/mol. The molecule has 4 aromatic rings. The minimum absolute atomic E-state index is 0.000152. The highest BCUT2D eigenvalue weighted by molar-refractivity contribution is 5.86. The highest BCUT2D eigenvalue weighted by Gasteiger charge is 2.25. The predicted molar refractivity (Wildman–Crippen MR) is 133 cm³/mol. The number of fused-ring (bicyclic) bond motifs is 2. The normalized spacial score (nSPS) is 17.6. The zero-order valence-electron chi connectivity index (χ0n) is 20.4. The standard InChI is InChI=1S/C26H34N6O/c1-6-9-30-10-7-8-19(13-30)32-24-12-20(16(2)3)21(11-23(24)29-26(32)33)22-14-31-25(27-15-28-31)18(5)17(22)4/h11-12,14-16,19H,6-10,13H2,1-5H3,(H,29,33)/t19-/m1/s1. The van der Waals surface area contributed by atoms with Crippen LogP contribution in [-0.4, -0.2) is 48.7 Å². The van der Waals surface area contributed by atoms with Gasteiger partial charge in [-0.15, -0.1) is 0 Å². The lowest BCUT2D eigenvalue weighted by molar-refractivity contribution is 0.178. The van der Waals surface area contributed by atoms with Crippen molar-refractivity contribution in [2.24, 2.45) is 0 Å². The van der Waals surface area contributed by atoms with E-state index in [2.05, 4.69) is 72.9 Å². The van der Waals surface area contributed by atoms with Crippen molar-refractivity contribution in [3.63, 3.8) is 0 Å². The van der Waals surface area contributed by atoms with Gasteiger partial charge in [0.15, 0.2) is 5.65 Å². The topological polar surface area (TPSA) is 71.2 Å². The van der Waals surface area contributed by atoms with Crippen LogP contribution in [0.15, 0.2) is 29.5 Å². The Hall–Kier alpha value is -2.93. The number of aromatic nitrogens is 5. The Kier molecular flexibility index (Phi) is 5.60. The van der Waals surface area contributed by atoms with Gasteiger partial charge >= 0.3 is 5.69 Å². The fourth-order valence-electron chi connectivity index (χ4n) is 5.50. The highest BCUT2D eigenvalue weighted by Crippen LogP contribution is 2.36. The smallest absolute Gasteiger partial charge is 0.306 e. The van der Waals surface area contributed by atoms with Crippen LogP contribution < -0.4 is 5.69 Å². The van der Waals surface area contributed by atoms with E-state index >= 15 is 0 Å². The number of likely N-dealkylation sites (tertiary alicyclic amines) is 1. The zero-order valence-corrected chi connectivity index (χ0v) is 20.4. The third-order valence-corrected chi connectivity index (χ3v) is 7.31. The van der Waals surface area contributed by atoms with Crippen LogP contribution in [0.2, 0.25) is 0 Å². The maximum absolute atomic E-state index is 13.2. The fourth-order valence-corrected chi connectivity index (χ4v) is 5.50.